The number of aromatic nitrogens is 1. The molecule has 1 fully saturated rings. The van der Waals surface area contributed by atoms with Gasteiger partial charge in [-0.2, -0.15) is 0 Å². The largest absolute Gasteiger partial charge is 0.321 e. The number of fused-ring (bicyclic) bond motifs is 1. The number of hydrogen-bond donors (Lipinski definition) is 2. The molecule has 1 aromatic carbocycles. The van der Waals surface area contributed by atoms with Crippen LogP contribution in [-0.4, -0.2) is 11.0 Å². The Morgan fingerprint density at radius 2 is 2.17 bits per heavy atom. The first-order valence-electron chi connectivity index (χ1n) is 6.65. The lowest BCUT2D eigenvalue weighted by Gasteiger charge is -2.07. The smallest absolute Gasteiger partial charge is 0.252 e. The van der Waals surface area contributed by atoms with Crippen molar-refractivity contribution in [3.63, 3.8) is 0 Å². The van der Waals surface area contributed by atoms with E-state index in [-0.39, 0.29) is 5.56 Å². The van der Waals surface area contributed by atoms with E-state index in [1.807, 2.05) is 6.07 Å². The van der Waals surface area contributed by atoms with Gasteiger partial charge in [-0.25, -0.2) is 0 Å². The van der Waals surface area contributed by atoms with E-state index in [0.717, 1.165) is 22.9 Å². The molecule has 1 saturated carbocycles. The van der Waals surface area contributed by atoms with E-state index in [0.29, 0.717) is 12.6 Å². The van der Waals surface area contributed by atoms with Gasteiger partial charge >= 0.3 is 0 Å². The molecule has 3 heteroatoms. The fraction of sp³-hybridized carbons (Fsp3) is 0.400. The normalized spacial score (nSPS) is 15.2. The third kappa shape index (κ3) is 2.18. The molecule has 18 heavy (non-hydrogen) atoms. The summed E-state index contributed by atoms with van der Waals surface area (Å²) in [5, 5.41) is 4.51. The quantitative estimate of drug-likeness (QED) is 0.864. The SMILES string of the molecule is CCc1cccc2cc(CNC3CC3)c(=O)[nH]c12. The van der Waals surface area contributed by atoms with Crippen LogP contribution in [0.3, 0.4) is 0 Å². The van der Waals surface area contributed by atoms with Crippen LogP contribution in [-0.2, 0) is 13.0 Å². The zero-order valence-corrected chi connectivity index (χ0v) is 10.6. The van der Waals surface area contributed by atoms with Gasteiger partial charge in [0.1, 0.15) is 0 Å². The van der Waals surface area contributed by atoms with Crippen LogP contribution in [0.1, 0.15) is 30.9 Å². The van der Waals surface area contributed by atoms with Crippen LogP contribution in [0.4, 0.5) is 0 Å². The van der Waals surface area contributed by atoms with Gasteiger partial charge in [-0.3, -0.25) is 4.79 Å². The number of aryl methyl sites for hydroxylation is 1. The van der Waals surface area contributed by atoms with E-state index in [1.165, 1.54) is 18.4 Å². The number of hydrogen-bond acceptors (Lipinski definition) is 2. The van der Waals surface area contributed by atoms with Crippen LogP contribution >= 0.6 is 0 Å². The Hall–Kier alpha value is -1.61. The van der Waals surface area contributed by atoms with Crippen molar-refractivity contribution in [3.05, 3.63) is 45.7 Å². The Balaban J connectivity index is 2.00. The van der Waals surface area contributed by atoms with Crippen molar-refractivity contribution in [1.82, 2.24) is 10.3 Å². The molecular weight excluding hydrogens is 224 g/mol. The minimum Gasteiger partial charge on any atom is -0.321 e. The van der Waals surface area contributed by atoms with Crippen molar-refractivity contribution in [2.75, 3.05) is 0 Å². The van der Waals surface area contributed by atoms with Gasteiger partial charge in [0.2, 0.25) is 0 Å². The summed E-state index contributed by atoms with van der Waals surface area (Å²) in [6.45, 7) is 2.78. The minimum atomic E-state index is 0.0385. The zero-order chi connectivity index (χ0) is 12.5. The summed E-state index contributed by atoms with van der Waals surface area (Å²) in [5.74, 6) is 0. The number of nitrogens with one attached hydrogen (secondary N) is 2. The van der Waals surface area contributed by atoms with Crippen molar-refractivity contribution in [2.24, 2.45) is 0 Å². The number of rotatable bonds is 4. The summed E-state index contributed by atoms with van der Waals surface area (Å²) < 4.78 is 0. The summed E-state index contributed by atoms with van der Waals surface area (Å²) in [7, 11) is 0. The highest BCUT2D eigenvalue weighted by Crippen LogP contribution is 2.20. The molecule has 3 rings (SSSR count). The predicted octanol–water partition coefficient (Wildman–Crippen LogP) is 2.34. The van der Waals surface area contributed by atoms with Crippen LogP contribution < -0.4 is 10.9 Å². The summed E-state index contributed by atoms with van der Waals surface area (Å²) in [5.41, 5.74) is 3.06. The maximum Gasteiger partial charge on any atom is 0.252 e. The molecule has 0 spiro atoms. The third-order valence-electron chi connectivity index (χ3n) is 3.58. The molecule has 1 aliphatic rings. The van der Waals surface area contributed by atoms with Gasteiger partial charge in [-0.1, -0.05) is 25.1 Å². The number of benzene rings is 1. The molecule has 3 nitrogen and oxygen atoms in total. The highest BCUT2D eigenvalue weighted by atomic mass is 16.1. The summed E-state index contributed by atoms with van der Waals surface area (Å²) >= 11 is 0. The van der Waals surface area contributed by atoms with E-state index >= 15 is 0 Å². The summed E-state index contributed by atoms with van der Waals surface area (Å²) in [6.07, 6.45) is 3.42. The molecule has 0 atom stereocenters. The fourth-order valence-corrected chi connectivity index (χ4v) is 2.31. The Morgan fingerprint density at radius 1 is 1.33 bits per heavy atom. The number of para-hydroxylation sites is 1. The lowest BCUT2D eigenvalue weighted by atomic mass is 10.1. The molecular formula is C15H18N2O. The first-order chi connectivity index (χ1) is 8.78. The second-order valence-corrected chi connectivity index (χ2v) is 5.01. The second kappa shape index (κ2) is 4.58. The van der Waals surface area contributed by atoms with Gasteiger partial charge in [0.05, 0.1) is 5.52 Å². The third-order valence-corrected chi connectivity index (χ3v) is 3.58. The van der Waals surface area contributed by atoms with Crippen LogP contribution in [0, 0.1) is 0 Å². The first-order valence-corrected chi connectivity index (χ1v) is 6.65. The molecule has 1 heterocycles. The van der Waals surface area contributed by atoms with Gasteiger partial charge in [0, 0.05) is 18.2 Å². The molecule has 2 aromatic rings. The summed E-state index contributed by atoms with van der Waals surface area (Å²) in [6, 6.07) is 8.83. The molecule has 94 valence electrons. The van der Waals surface area contributed by atoms with Gasteiger partial charge in [-0.15, -0.1) is 0 Å². The van der Waals surface area contributed by atoms with Gasteiger partial charge in [0.15, 0.2) is 0 Å². The molecule has 0 aliphatic heterocycles. The summed E-state index contributed by atoms with van der Waals surface area (Å²) in [4.78, 5) is 15.1. The average molecular weight is 242 g/mol. The maximum absolute atomic E-state index is 12.0. The molecule has 0 bridgehead atoms. The Labute approximate surface area is 106 Å². The first kappa shape index (κ1) is 11.5. The molecule has 1 aliphatic carbocycles. The lowest BCUT2D eigenvalue weighted by molar-refractivity contribution is 0.683. The van der Waals surface area contributed by atoms with Crippen LogP contribution in [0.15, 0.2) is 29.1 Å². The highest BCUT2D eigenvalue weighted by Gasteiger charge is 2.20. The highest BCUT2D eigenvalue weighted by molar-refractivity contribution is 5.82. The van der Waals surface area contributed by atoms with E-state index in [9.17, 15) is 4.79 Å². The Bertz CT molecular complexity index is 626. The topological polar surface area (TPSA) is 44.9 Å². The second-order valence-electron chi connectivity index (χ2n) is 5.01. The molecule has 0 radical (unpaired) electrons. The van der Waals surface area contributed by atoms with Crippen molar-refractivity contribution in [2.45, 2.75) is 38.8 Å². The number of H-pyrrole nitrogens is 1. The van der Waals surface area contributed by atoms with Gasteiger partial charge in [0.25, 0.3) is 5.56 Å². The molecule has 0 unspecified atom stereocenters. The molecule has 2 N–H and O–H groups in total. The standard InChI is InChI=1S/C15H18N2O/c1-2-10-4-3-5-11-8-12(9-16-13-6-7-13)15(18)17-14(10)11/h3-5,8,13,16H,2,6-7,9H2,1H3,(H,17,18). The van der Waals surface area contributed by atoms with E-state index in [4.69, 9.17) is 0 Å². The van der Waals surface area contributed by atoms with Crippen molar-refractivity contribution in [3.8, 4) is 0 Å². The lowest BCUT2D eigenvalue weighted by Crippen LogP contribution is -2.22. The number of pyridine rings is 1. The number of aromatic amines is 1. The Kier molecular flexibility index (Phi) is 2.92. The van der Waals surface area contributed by atoms with Crippen LogP contribution in [0.25, 0.3) is 10.9 Å². The fourth-order valence-electron chi connectivity index (χ4n) is 2.31. The monoisotopic (exact) mass is 242 g/mol. The Morgan fingerprint density at radius 3 is 2.89 bits per heavy atom. The van der Waals surface area contributed by atoms with Crippen LogP contribution in [0.5, 0.6) is 0 Å². The van der Waals surface area contributed by atoms with Gasteiger partial charge in [-0.05, 0) is 36.3 Å². The van der Waals surface area contributed by atoms with Gasteiger partial charge < -0.3 is 10.3 Å². The van der Waals surface area contributed by atoms with E-state index < -0.39 is 0 Å². The van der Waals surface area contributed by atoms with Crippen LogP contribution in [0.2, 0.25) is 0 Å². The predicted molar refractivity (Wildman–Crippen MR) is 73.8 cm³/mol. The van der Waals surface area contributed by atoms with E-state index in [1.54, 1.807) is 0 Å². The minimum absolute atomic E-state index is 0.0385. The molecule has 1 aromatic heterocycles. The zero-order valence-electron chi connectivity index (χ0n) is 10.6. The molecule has 0 saturated heterocycles. The molecule has 0 amide bonds. The maximum atomic E-state index is 12.0. The van der Waals surface area contributed by atoms with Crippen molar-refractivity contribution >= 4 is 10.9 Å². The average Bonchev–Trinajstić information content (AvgIpc) is 3.19. The van der Waals surface area contributed by atoms with Crippen molar-refractivity contribution < 1.29 is 0 Å². The van der Waals surface area contributed by atoms with E-state index in [2.05, 4.69) is 35.4 Å². The van der Waals surface area contributed by atoms with Crippen molar-refractivity contribution in [1.29, 1.82) is 0 Å².